The van der Waals surface area contributed by atoms with E-state index < -0.39 is 6.03 Å². The number of nitrogens with one attached hydrogen (secondary N) is 2. The summed E-state index contributed by atoms with van der Waals surface area (Å²) in [5, 5.41) is 6.74. The van der Waals surface area contributed by atoms with Crippen molar-refractivity contribution in [1.82, 2.24) is 4.98 Å². The smallest absolute Gasteiger partial charge is 0.316 e. The lowest BCUT2D eigenvalue weighted by molar-refractivity contribution is 0.259. The molecule has 21 heavy (non-hydrogen) atoms. The number of nitrogens with two attached hydrogens (primary N) is 1. The first-order valence-corrected chi connectivity index (χ1v) is 7.27. The Morgan fingerprint density at radius 2 is 1.90 bits per heavy atom. The van der Waals surface area contributed by atoms with Crippen molar-refractivity contribution in [3.63, 3.8) is 0 Å². The molecule has 5 nitrogen and oxygen atoms in total. The minimum absolute atomic E-state index is 0.560. The molecule has 0 aliphatic heterocycles. The van der Waals surface area contributed by atoms with Gasteiger partial charge in [-0.1, -0.05) is 35.6 Å². The molecule has 0 bridgehead atoms. The monoisotopic (exact) mass is 298 g/mol. The summed E-state index contributed by atoms with van der Waals surface area (Å²) < 4.78 is 1.17. The highest BCUT2D eigenvalue weighted by Crippen LogP contribution is 2.25. The van der Waals surface area contributed by atoms with Gasteiger partial charge in [-0.2, -0.15) is 0 Å². The van der Waals surface area contributed by atoms with Gasteiger partial charge in [0.2, 0.25) is 0 Å². The molecule has 1 aromatic heterocycles. The Morgan fingerprint density at radius 3 is 2.62 bits per heavy atom. The quantitative estimate of drug-likeness (QED) is 0.690. The van der Waals surface area contributed by atoms with Crippen molar-refractivity contribution in [1.29, 1.82) is 0 Å². The number of hydrogen-bond donors (Lipinski definition) is 3. The van der Waals surface area contributed by atoms with Gasteiger partial charge < -0.3 is 16.4 Å². The minimum atomic E-state index is -0.560. The highest BCUT2D eigenvalue weighted by atomic mass is 32.1. The van der Waals surface area contributed by atoms with Gasteiger partial charge in [0.05, 0.1) is 10.2 Å². The molecule has 2 aromatic carbocycles. The number of carbonyl (C=O) groups excluding carboxylic acids is 1. The Hall–Kier alpha value is -2.60. The van der Waals surface area contributed by atoms with Crippen molar-refractivity contribution >= 4 is 38.4 Å². The number of hydrogen-bond acceptors (Lipinski definition) is 4. The number of thiazole rings is 1. The van der Waals surface area contributed by atoms with Crippen molar-refractivity contribution in [3.8, 4) is 0 Å². The number of amides is 2. The van der Waals surface area contributed by atoms with Crippen LogP contribution in [0.2, 0.25) is 0 Å². The molecule has 0 saturated heterocycles. The number of carbonyl (C=O) groups is 1. The fourth-order valence-corrected chi connectivity index (χ4v) is 2.84. The third-order valence-corrected chi connectivity index (χ3v) is 3.95. The minimum Gasteiger partial charge on any atom is -0.357 e. The number of rotatable bonds is 4. The summed E-state index contributed by atoms with van der Waals surface area (Å²) in [4.78, 5) is 15.3. The standard InChI is InChI=1S/C15H14N4OS/c16-14(20)18-11-7-5-10(6-8-11)9-17-15-19-12-3-1-2-4-13(12)21-15/h1-8H,9H2,(H,17,19)(H3,16,18,20). The molecule has 3 rings (SSSR count). The van der Waals surface area contributed by atoms with E-state index in [0.717, 1.165) is 16.2 Å². The second kappa shape index (κ2) is 5.80. The van der Waals surface area contributed by atoms with Gasteiger partial charge in [0, 0.05) is 12.2 Å². The molecule has 4 N–H and O–H groups in total. The van der Waals surface area contributed by atoms with Gasteiger partial charge in [0.15, 0.2) is 5.13 Å². The Balaban J connectivity index is 1.65. The number of benzene rings is 2. The molecule has 0 unspecified atom stereocenters. The third-order valence-electron chi connectivity index (χ3n) is 2.96. The van der Waals surface area contributed by atoms with Crippen LogP contribution in [0, 0.1) is 0 Å². The van der Waals surface area contributed by atoms with E-state index in [-0.39, 0.29) is 0 Å². The van der Waals surface area contributed by atoms with Crippen LogP contribution < -0.4 is 16.4 Å². The van der Waals surface area contributed by atoms with E-state index >= 15 is 0 Å². The Kier molecular flexibility index (Phi) is 3.70. The summed E-state index contributed by atoms with van der Waals surface area (Å²) in [5.41, 5.74) is 7.86. The van der Waals surface area contributed by atoms with Crippen LogP contribution in [-0.4, -0.2) is 11.0 Å². The van der Waals surface area contributed by atoms with Crippen LogP contribution >= 0.6 is 11.3 Å². The number of urea groups is 1. The maximum Gasteiger partial charge on any atom is 0.316 e. The molecular weight excluding hydrogens is 284 g/mol. The molecule has 106 valence electrons. The van der Waals surface area contributed by atoms with Crippen LogP contribution in [0.1, 0.15) is 5.56 Å². The maximum atomic E-state index is 10.7. The molecule has 6 heteroatoms. The topological polar surface area (TPSA) is 80.0 Å². The van der Waals surface area contributed by atoms with E-state index in [1.807, 2.05) is 42.5 Å². The molecule has 0 aliphatic rings. The Bertz CT molecular complexity index is 734. The first-order valence-electron chi connectivity index (χ1n) is 6.45. The van der Waals surface area contributed by atoms with E-state index in [9.17, 15) is 4.79 Å². The van der Waals surface area contributed by atoms with Crippen molar-refractivity contribution in [2.24, 2.45) is 5.73 Å². The van der Waals surface area contributed by atoms with Crippen LogP contribution in [0.3, 0.4) is 0 Å². The van der Waals surface area contributed by atoms with E-state index in [1.165, 1.54) is 4.70 Å². The second-order valence-corrected chi connectivity index (χ2v) is 5.56. The van der Waals surface area contributed by atoms with E-state index in [1.54, 1.807) is 11.3 Å². The summed E-state index contributed by atoms with van der Waals surface area (Å²) in [6.45, 7) is 0.677. The summed E-state index contributed by atoms with van der Waals surface area (Å²) in [5.74, 6) is 0. The first kappa shape index (κ1) is 13.4. The van der Waals surface area contributed by atoms with Crippen molar-refractivity contribution in [2.45, 2.75) is 6.54 Å². The van der Waals surface area contributed by atoms with Crippen LogP contribution in [0.4, 0.5) is 15.6 Å². The Morgan fingerprint density at radius 1 is 1.14 bits per heavy atom. The molecule has 0 fully saturated rings. The number of anilines is 2. The number of para-hydroxylation sites is 1. The van der Waals surface area contributed by atoms with Crippen LogP contribution in [-0.2, 0) is 6.54 Å². The van der Waals surface area contributed by atoms with Gasteiger partial charge in [0.25, 0.3) is 0 Å². The first-order chi connectivity index (χ1) is 10.2. The third kappa shape index (κ3) is 3.29. The van der Waals surface area contributed by atoms with Gasteiger partial charge in [-0.05, 0) is 29.8 Å². The molecule has 1 heterocycles. The number of primary amides is 1. The maximum absolute atomic E-state index is 10.7. The van der Waals surface area contributed by atoms with Crippen molar-refractivity contribution in [2.75, 3.05) is 10.6 Å². The van der Waals surface area contributed by atoms with E-state index in [4.69, 9.17) is 5.73 Å². The molecule has 0 radical (unpaired) electrons. The lowest BCUT2D eigenvalue weighted by Crippen LogP contribution is -2.19. The fourth-order valence-electron chi connectivity index (χ4n) is 1.97. The normalized spacial score (nSPS) is 10.5. The number of aromatic nitrogens is 1. The average Bonchev–Trinajstić information content (AvgIpc) is 2.89. The van der Waals surface area contributed by atoms with Gasteiger partial charge in [-0.15, -0.1) is 0 Å². The molecule has 0 atom stereocenters. The highest BCUT2D eigenvalue weighted by molar-refractivity contribution is 7.22. The van der Waals surface area contributed by atoms with Gasteiger partial charge in [-0.25, -0.2) is 9.78 Å². The summed E-state index contributed by atoms with van der Waals surface area (Å²) in [7, 11) is 0. The zero-order valence-electron chi connectivity index (χ0n) is 11.2. The molecule has 3 aromatic rings. The van der Waals surface area contributed by atoms with E-state index in [0.29, 0.717) is 12.2 Å². The molecule has 0 aliphatic carbocycles. The lowest BCUT2D eigenvalue weighted by atomic mass is 10.2. The van der Waals surface area contributed by atoms with Crippen LogP contribution in [0.25, 0.3) is 10.2 Å². The van der Waals surface area contributed by atoms with E-state index in [2.05, 4.69) is 21.7 Å². The zero-order valence-corrected chi connectivity index (χ0v) is 12.0. The predicted octanol–water partition coefficient (Wildman–Crippen LogP) is 3.40. The molecule has 2 amide bonds. The Labute approximate surface area is 125 Å². The molecule has 0 saturated carbocycles. The van der Waals surface area contributed by atoms with Crippen LogP contribution in [0.15, 0.2) is 48.5 Å². The lowest BCUT2D eigenvalue weighted by Gasteiger charge is -2.05. The fraction of sp³-hybridized carbons (Fsp3) is 0.0667. The largest absolute Gasteiger partial charge is 0.357 e. The second-order valence-electron chi connectivity index (χ2n) is 4.53. The number of fused-ring (bicyclic) bond motifs is 1. The summed E-state index contributed by atoms with van der Waals surface area (Å²) >= 11 is 1.63. The molecule has 0 spiro atoms. The van der Waals surface area contributed by atoms with Crippen molar-refractivity contribution < 1.29 is 4.79 Å². The van der Waals surface area contributed by atoms with Crippen molar-refractivity contribution in [3.05, 3.63) is 54.1 Å². The predicted molar refractivity (Wildman–Crippen MR) is 86.6 cm³/mol. The highest BCUT2D eigenvalue weighted by Gasteiger charge is 2.02. The number of nitrogens with zero attached hydrogens (tertiary/aromatic N) is 1. The summed E-state index contributed by atoms with van der Waals surface area (Å²) in [6.07, 6.45) is 0. The van der Waals surface area contributed by atoms with Gasteiger partial charge in [-0.3, -0.25) is 0 Å². The SMILES string of the molecule is NC(=O)Nc1ccc(CNc2nc3ccccc3s2)cc1. The summed E-state index contributed by atoms with van der Waals surface area (Å²) in [6, 6.07) is 15.0. The van der Waals surface area contributed by atoms with Crippen LogP contribution in [0.5, 0.6) is 0 Å². The van der Waals surface area contributed by atoms with Gasteiger partial charge >= 0.3 is 6.03 Å². The zero-order chi connectivity index (χ0) is 14.7. The average molecular weight is 298 g/mol. The molecular formula is C15H14N4OS. The van der Waals surface area contributed by atoms with Gasteiger partial charge in [0.1, 0.15) is 0 Å².